The number of carbonyl (C=O) groups excluding carboxylic acids is 2. The van der Waals surface area contributed by atoms with E-state index in [1.807, 2.05) is 0 Å². The molecule has 0 radical (unpaired) electrons. The number of amides is 2. The molecule has 5 nitrogen and oxygen atoms in total. The van der Waals surface area contributed by atoms with Crippen molar-refractivity contribution < 1.29 is 36.6 Å². The zero-order chi connectivity index (χ0) is 20.4. The van der Waals surface area contributed by atoms with Gasteiger partial charge in [0.1, 0.15) is 12.2 Å². The lowest BCUT2D eigenvalue weighted by Gasteiger charge is -2.25. The minimum absolute atomic E-state index is 0.0341. The molecule has 1 fully saturated rings. The van der Waals surface area contributed by atoms with Crippen molar-refractivity contribution in [3.63, 3.8) is 0 Å². The van der Waals surface area contributed by atoms with Crippen LogP contribution in [0.2, 0.25) is 0 Å². The molecule has 0 saturated carbocycles. The molecular weight excluding hydrogens is 370 g/mol. The smallest absolute Gasteiger partial charge is 0.420 e. The summed E-state index contributed by atoms with van der Waals surface area (Å²) in [5.41, 5.74) is -0.271. The summed E-state index contributed by atoms with van der Waals surface area (Å²) in [6, 6.07) is 5.05. The summed E-state index contributed by atoms with van der Waals surface area (Å²) >= 11 is 0. The van der Waals surface area contributed by atoms with Crippen LogP contribution in [0.15, 0.2) is 24.3 Å². The highest BCUT2D eigenvalue weighted by Gasteiger charge is 2.42. The number of nitrogens with zero attached hydrogens (tertiary/aromatic N) is 1. The Bertz CT molecular complexity index is 703. The molecule has 2 amide bonds. The van der Waals surface area contributed by atoms with Gasteiger partial charge in [-0.25, -0.2) is 23.3 Å². The molecule has 1 aromatic carbocycles. The van der Waals surface area contributed by atoms with Gasteiger partial charge >= 0.3 is 24.5 Å². The molecular formula is C18H21F4NO4. The zero-order valence-electron chi connectivity index (χ0n) is 15.2. The van der Waals surface area contributed by atoms with E-state index in [-0.39, 0.29) is 18.6 Å². The molecule has 2 rings (SSSR count). The third-order valence-corrected chi connectivity index (χ3v) is 3.77. The average molecular weight is 391 g/mol. The van der Waals surface area contributed by atoms with E-state index in [9.17, 15) is 27.2 Å². The van der Waals surface area contributed by atoms with E-state index < -0.39 is 42.6 Å². The second kappa shape index (κ2) is 7.74. The van der Waals surface area contributed by atoms with Crippen molar-refractivity contribution in [3.05, 3.63) is 35.4 Å². The van der Waals surface area contributed by atoms with Gasteiger partial charge < -0.3 is 9.47 Å². The Balaban J connectivity index is 2.12. The lowest BCUT2D eigenvalue weighted by molar-refractivity contribution is -0.127. The van der Waals surface area contributed by atoms with E-state index in [1.165, 1.54) is 18.2 Å². The summed E-state index contributed by atoms with van der Waals surface area (Å²) < 4.78 is 61.4. The maximum absolute atomic E-state index is 13.3. The summed E-state index contributed by atoms with van der Waals surface area (Å²) in [7, 11) is 0. The van der Waals surface area contributed by atoms with Crippen molar-refractivity contribution >= 4 is 12.2 Å². The van der Waals surface area contributed by atoms with Crippen LogP contribution < -0.4 is 0 Å². The van der Waals surface area contributed by atoms with Crippen LogP contribution in [0.4, 0.5) is 27.2 Å². The molecule has 150 valence electrons. The van der Waals surface area contributed by atoms with E-state index in [2.05, 4.69) is 0 Å². The van der Waals surface area contributed by atoms with Gasteiger partial charge in [0.2, 0.25) is 0 Å². The van der Waals surface area contributed by atoms with Crippen molar-refractivity contribution in [2.45, 2.75) is 57.6 Å². The molecule has 1 heterocycles. The Morgan fingerprint density at radius 2 is 1.93 bits per heavy atom. The average Bonchev–Trinajstić information content (AvgIpc) is 2.86. The quantitative estimate of drug-likeness (QED) is 0.697. The Labute approximate surface area is 154 Å². The van der Waals surface area contributed by atoms with Crippen molar-refractivity contribution in [3.8, 4) is 0 Å². The van der Waals surface area contributed by atoms with Gasteiger partial charge in [0.25, 0.3) is 0 Å². The van der Waals surface area contributed by atoms with Crippen LogP contribution >= 0.6 is 0 Å². The van der Waals surface area contributed by atoms with Crippen LogP contribution in [-0.4, -0.2) is 47.7 Å². The Morgan fingerprint density at radius 3 is 2.52 bits per heavy atom. The summed E-state index contributed by atoms with van der Waals surface area (Å²) in [6.07, 6.45) is -6.46. The number of alkyl halides is 4. The highest BCUT2D eigenvalue weighted by molar-refractivity contribution is 5.89. The molecule has 0 aliphatic carbocycles. The van der Waals surface area contributed by atoms with Gasteiger partial charge in [-0.3, -0.25) is 0 Å². The number of cyclic esters (lactones) is 1. The number of halogens is 4. The van der Waals surface area contributed by atoms with Gasteiger partial charge in [-0.05, 0) is 38.3 Å². The van der Waals surface area contributed by atoms with E-state index in [1.54, 1.807) is 26.8 Å². The molecule has 1 aliphatic rings. The molecule has 27 heavy (non-hydrogen) atoms. The highest BCUT2D eigenvalue weighted by Crippen LogP contribution is 2.28. The lowest BCUT2D eigenvalue weighted by atomic mass is 10.0. The minimum atomic E-state index is -4.13. The van der Waals surface area contributed by atoms with E-state index in [0.717, 1.165) is 4.90 Å². The Kier molecular flexibility index (Phi) is 6.01. The van der Waals surface area contributed by atoms with E-state index in [4.69, 9.17) is 9.47 Å². The number of ether oxygens (including phenoxy) is 2. The fraction of sp³-hybridized carbons (Fsp3) is 0.556. The molecule has 1 atom stereocenters. The number of hydrogen-bond donors (Lipinski definition) is 0. The van der Waals surface area contributed by atoms with Crippen LogP contribution in [0, 0.1) is 0 Å². The summed E-state index contributed by atoms with van der Waals surface area (Å²) in [5, 5.41) is 0. The van der Waals surface area contributed by atoms with Gasteiger partial charge in [-0.1, -0.05) is 24.3 Å². The molecule has 1 aliphatic heterocycles. The summed E-state index contributed by atoms with van der Waals surface area (Å²) in [5.74, 6) is -4.13. The van der Waals surface area contributed by atoms with Crippen LogP contribution in [0.1, 0.15) is 31.9 Å². The van der Waals surface area contributed by atoms with Crippen molar-refractivity contribution in [2.75, 3.05) is 6.61 Å². The normalized spacial score (nSPS) is 18.0. The zero-order valence-corrected chi connectivity index (χ0v) is 15.2. The van der Waals surface area contributed by atoms with Crippen LogP contribution in [-0.2, 0) is 22.3 Å². The predicted molar refractivity (Wildman–Crippen MR) is 88.0 cm³/mol. The third-order valence-electron chi connectivity index (χ3n) is 3.77. The van der Waals surface area contributed by atoms with E-state index in [0.29, 0.717) is 5.56 Å². The minimum Gasteiger partial charge on any atom is -0.447 e. The fourth-order valence-corrected chi connectivity index (χ4v) is 2.63. The van der Waals surface area contributed by atoms with E-state index >= 15 is 0 Å². The van der Waals surface area contributed by atoms with Crippen LogP contribution in [0.3, 0.4) is 0 Å². The first-order chi connectivity index (χ1) is 12.4. The van der Waals surface area contributed by atoms with Gasteiger partial charge in [0.15, 0.2) is 0 Å². The lowest BCUT2D eigenvalue weighted by Crippen LogP contribution is -2.43. The number of imide groups is 1. The van der Waals surface area contributed by atoms with Crippen molar-refractivity contribution in [1.29, 1.82) is 0 Å². The van der Waals surface area contributed by atoms with Crippen molar-refractivity contribution in [1.82, 2.24) is 4.90 Å². The van der Waals surface area contributed by atoms with Crippen LogP contribution in [0.5, 0.6) is 0 Å². The standard InChI is InChI=1S/C18H21F4NO4/c1-17(2,3)27-16(25)23-13(10-26-15(23)24)8-11-5-4-6-12(7-11)9-18(21,22)14(19)20/h4-7,13-14H,8-10H2,1-3H3. The number of benzene rings is 1. The van der Waals surface area contributed by atoms with Crippen LogP contribution in [0.25, 0.3) is 0 Å². The maximum Gasteiger partial charge on any atom is 0.420 e. The maximum atomic E-state index is 13.3. The monoisotopic (exact) mass is 391 g/mol. The van der Waals surface area contributed by atoms with Crippen molar-refractivity contribution in [2.24, 2.45) is 0 Å². The van der Waals surface area contributed by atoms with Gasteiger partial charge in [-0.15, -0.1) is 0 Å². The molecule has 1 aromatic rings. The first-order valence-corrected chi connectivity index (χ1v) is 8.32. The number of rotatable bonds is 5. The third kappa shape index (κ3) is 5.58. The van der Waals surface area contributed by atoms with Gasteiger partial charge in [0.05, 0.1) is 6.04 Å². The molecule has 1 unspecified atom stereocenters. The SMILES string of the molecule is CC(C)(C)OC(=O)N1C(=O)OCC1Cc1cccc(CC(F)(F)C(F)F)c1. The molecule has 9 heteroatoms. The number of carbonyl (C=O) groups is 2. The first-order valence-electron chi connectivity index (χ1n) is 8.32. The fourth-order valence-electron chi connectivity index (χ4n) is 2.63. The number of hydrogen-bond acceptors (Lipinski definition) is 4. The topological polar surface area (TPSA) is 55.8 Å². The first kappa shape index (κ1) is 21.0. The molecule has 0 spiro atoms. The van der Waals surface area contributed by atoms with Gasteiger partial charge in [-0.2, -0.15) is 8.78 Å². The largest absolute Gasteiger partial charge is 0.447 e. The summed E-state index contributed by atoms with van der Waals surface area (Å²) in [4.78, 5) is 24.9. The molecule has 0 N–H and O–H groups in total. The van der Waals surface area contributed by atoms with Gasteiger partial charge in [0, 0.05) is 6.42 Å². The Morgan fingerprint density at radius 1 is 1.30 bits per heavy atom. The predicted octanol–water partition coefficient (Wildman–Crippen LogP) is 4.43. The highest BCUT2D eigenvalue weighted by atomic mass is 19.3. The Hall–Kier alpha value is -2.32. The second-order valence-corrected chi connectivity index (χ2v) is 7.34. The second-order valence-electron chi connectivity index (χ2n) is 7.34. The summed E-state index contributed by atoms with van der Waals surface area (Å²) in [6.45, 7) is 4.87. The molecule has 1 saturated heterocycles. The molecule has 0 aromatic heterocycles. The molecule has 0 bridgehead atoms.